The molecule has 2 aromatic heterocycles. The molecule has 2 aliphatic rings. The predicted octanol–water partition coefficient (Wildman–Crippen LogP) is 25.0. The van der Waals surface area contributed by atoms with Gasteiger partial charge in [-0.2, -0.15) is 0 Å². The van der Waals surface area contributed by atoms with Crippen LogP contribution in [0.4, 0.5) is 11.4 Å². The van der Waals surface area contributed by atoms with E-state index in [0.29, 0.717) is 33.6 Å². The lowest BCUT2D eigenvalue weighted by molar-refractivity contribution is 0.0910. The van der Waals surface area contributed by atoms with Gasteiger partial charge in [-0.25, -0.2) is 9.80 Å². The van der Waals surface area contributed by atoms with Gasteiger partial charge in [0.2, 0.25) is 0 Å². The number of thiophene rings is 2. The minimum absolute atomic E-state index is 0.322. The Labute approximate surface area is 601 Å². The van der Waals surface area contributed by atoms with Gasteiger partial charge in [0.05, 0.1) is 33.6 Å². The number of fused-ring (bicyclic) bond motifs is 2. The molecule has 4 amide bonds. The van der Waals surface area contributed by atoms with Crippen LogP contribution in [0, 0.1) is 0 Å². The first kappa shape index (κ1) is 63.0. The molecule has 102 heavy (non-hydrogen) atoms. The summed E-state index contributed by atoms with van der Waals surface area (Å²) in [7, 11) is 0. The van der Waals surface area contributed by atoms with Crippen molar-refractivity contribution in [2.45, 2.75) is 90.9 Å². The maximum atomic E-state index is 14.6. The van der Waals surface area contributed by atoms with Crippen LogP contribution < -0.4 is 9.80 Å². The molecule has 494 valence electrons. The Hall–Kier alpha value is -11.2. The standard InChI is InChI=1S/C94H72N2O4S2/c1-3-5-7-9-13-73-55-83(71-41-49-79-81(53-71)93(99)95(91(79)97)75-43-35-61(36-44-75)59-23-19-57(20-24-59)51-69-33-31-67-29-27-63-15-11-17-65-39-47-77(69)87(67)85(63)65)101-89(73)90-74(14-10-8-6-4-2)56-84(102-90)72-42-50-80-82(54-72)94(100)96(92(80)98)76-45-37-62(38-46-76)60-25-21-58(22-26-60)52-70-34-32-68-30-28-64-16-12-18-66-40-48-78(70)88(68)86(64)66/h11-12,15-50,53-56H,3-10,13-14,51-52H2,1-2H3. The van der Waals surface area contributed by atoms with Crippen molar-refractivity contribution in [2.75, 3.05) is 9.80 Å². The molecule has 0 fully saturated rings. The Kier molecular flexibility index (Phi) is 16.1. The zero-order chi connectivity index (χ0) is 68.7. The molecular formula is C94H72N2O4S2. The molecule has 18 rings (SSSR count). The second kappa shape index (κ2) is 26.1. The molecule has 2 aliphatic heterocycles. The van der Waals surface area contributed by atoms with Crippen molar-refractivity contribution in [2.24, 2.45) is 0 Å². The zero-order valence-corrected chi connectivity index (χ0v) is 58.7. The summed E-state index contributed by atoms with van der Waals surface area (Å²) >= 11 is 3.51. The molecule has 0 saturated carbocycles. The van der Waals surface area contributed by atoms with Crippen LogP contribution >= 0.6 is 22.7 Å². The van der Waals surface area contributed by atoms with Gasteiger partial charge in [0.25, 0.3) is 23.6 Å². The Morgan fingerprint density at radius 1 is 0.284 bits per heavy atom. The van der Waals surface area contributed by atoms with Gasteiger partial charge in [0.15, 0.2) is 0 Å². The number of hydrogen-bond acceptors (Lipinski definition) is 6. The molecule has 0 atom stereocenters. The van der Waals surface area contributed by atoms with Crippen LogP contribution in [0.15, 0.2) is 255 Å². The summed E-state index contributed by atoms with van der Waals surface area (Å²) < 4.78 is 0. The molecule has 6 nitrogen and oxygen atoms in total. The largest absolute Gasteiger partial charge is 0.268 e. The number of nitrogens with zero attached hydrogens (tertiary/aromatic N) is 2. The Bertz CT molecular complexity index is 5600. The molecule has 0 bridgehead atoms. The number of carbonyl (C=O) groups excluding carboxylic acids is 4. The number of hydrogen-bond donors (Lipinski definition) is 0. The molecule has 0 aliphatic carbocycles. The topological polar surface area (TPSA) is 74.8 Å². The lowest BCUT2D eigenvalue weighted by atomic mass is 9.90. The molecular weight excluding hydrogens is 1290 g/mol. The zero-order valence-electron chi connectivity index (χ0n) is 57.1. The average molecular weight is 1360 g/mol. The van der Waals surface area contributed by atoms with Crippen LogP contribution in [-0.4, -0.2) is 23.6 Å². The molecule has 14 aromatic carbocycles. The second-order valence-electron chi connectivity index (χ2n) is 28.0. The number of imide groups is 2. The number of benzene rings is 14. The highest BCUT2D eigenvalue weighted by Crippen LogP contribution is 2.49. The fourth-order valence-electron chi connectivity index (χ4n) is 16.2. The first-order chi connectivity index (χ1) is 50.1. The molecule has 16 aromatic rings. The highest BCUT2D eigenvalue weighted by molar-refractivity contribution is 7.25. The fraction of sp³-hybridized carbons (Fsp3) is 0.149. The number of anilines is 2. The quantitative estimate of drug-likeness (QED) is 0.0408. The minimum Gasteiger partial charge on any atom is -0.268 e. The van der Waals surface area contributed by atoms with Crippen molar-refractivity contribution in [3.8, 4) is 52.9 Å². The van der Waals surface area contributed by atoms with Crippen LogP contribution in [0.1, 0.15) is 140 Å². The molecule has 0 unspecified atom stereocenters. The normalized spacial score (nSPS) is 13.1. The van der Waals surface area contributed by atoms with Crippen molar-refractivity contribution >= 4 is 122 Å². The van der Waals surface area contributed by atoms with Gasteiger partial charge in [0, 0.05) is 19.5 Å². The summed E-state index contributed by atoms with van der Waals surface area (Å²) in [6.45, 7) is 4.48. The van der Waals surface area contributed by atoms with Crippen molar-refractivity contribution in [1.82, 2.24) is 0 Å². The van der Waals surface area contributed by atoms with Crippen LogP contribution in [-0.2, 0) is 25.7 Å². The number of rotatable bonds is 21. The van der Waals surface area contributed by atoms with E-state index in [0.717, 1.165) is 107 Å². The van der Waals surface area contributed by atoms with Gasteiger partial charge in [-0.05, 0) is 231 Å². The van der Waals surface area contributed by atoms with E-state index in [9.17, 15) is 19.2 Å². The highest BCUT2D eigenvalue weighted by Gasteiger charge is 2.39. The SMILES string of the molecule is CCCCCCc1cc(-c2ccc3c(c2)C(=O)N(c2ccc(-c4ccc(Cc5ccc6ccc7cccc8ccc5c6c78)cc4)cc2)C3=O)sc1-c1sc(-c2ccc3c(c2)C(=O)N(c2ccc(-c4ccc(Cc5ccc6ccc7cccc8ccc5c6c78)cc4)cc2)C3=O)cc1CCCCCC. The highest BCUT2D eigenvalue weighted by atomic mass is 32.1. The van der Waals surface area contributed by atoms with Crippen LogP contribution in [0.25, 0.3) is 118 Å². The summed E-state index contributed by atoms with van der Waals surface area (Å²) in [5, 5.41) is 15.5. The van der Waals surface area contributed by atoms with E-state index in [-0.39, 0.29) is 23.6 Å². The third-order valence-electron chi connectivity index (χ3n) is 21.6. The number of carbonyl (C=O) groups is 4. The Morgan fingerprint density at radius 3 is 1.00 bits per heavy atom. The molecule has 0 radical (unpaired) electrons. The van der Waals surface area contributed by atoms with Crippen molar-refractivity contribution < 1.29 is 19.2 Å². The van der Waals surface area contributed by atoms with E-state index in [1.807, 2.05) is 84.9 Å². The fourth-order valence-corrected chi connectivity index (χ4v) is 18.8. The molecule has 4 heterocycles. The molecule has 0 spiro atoms. The van der Waals surface area contributed by atoms with Gasteiger partial charge in [0.1, 0.15) is 0 Å². The first-order valence-corrected chi connectivity index (χ1v) is 37.8. The third kappa shape index (κ3) is 11.1. The van der Waals surface area contributed by atoms with E-state index in [1.54, 1.807) is 22.7 Å². The van der Waals surface area contributed by atoms with Gasteiger partial charge < -0.3 is 0 Å². The Morgan fingerprint density at radius 2 is 0.618 bits per heavy atom. The van der Waals surface area contributed by atoms with Crippen LogP contribution in [0.3, 0.4) is 0 Å². The van der Waals surface area contributed by atoms with E-state index >= 15 is 0 Å². The van der Waals surface area contributed by atoms with Gasteiger partial charge in [-0.1, -0.05) is 246 Å². The number of aryl methyl sites for hydroxylation is 2. The van der Waals surface area contributed by atoms with Crippen LogP contribution in [0.5, 0.6) is 0 Å². The van der Waals surface area contributed by atoms with Gasteiger partial charge in [-0.3, -0.25) is 19.2 Å². The van der Waals surface area contributed by atoms with Crippen molar-refractivity contribution in [1.29, 1.82) is 0 Å². The maximum absolute atomic E-state index is 14.6. The summed E-state index contributed by atoms with van der Waals surface area (Å²) in [6, 6.07) is 89.2. The van der Waals surface area contributed by atoms with E-state index in [1.165, 1.54) is 130 Å². The molecule has 0 saturated heterocycles. The summed E-state index contributed by atoms with van der Waals surface area (Å²) in [4.78, 5) is 64.9. The van der Waals surface area contributed by atoms with E-state index in [4.69, 9.17) is 0 Å². The first-order valence-electron chi connectivity index (χ1n) is 36.1. The lowest BCUT2D eigenvalue weighted by Gasteiger charge is -2.15. The summed E-state index contributed by atoms with van der Waals surface area (Å²) in [6.07, 6.45) is 12.4. The minimum atomic E-state index is -0.324. The summed E-state index contributed by atoms with van der Waals surface area (Å²) in [5.74, 6) is -1.29. The van der Waals surface area contributed by atoms with E-state index < -0.39 is 0 Å². The maximum Gasteiger partial charge on any atom is 0.266 e. The smallest absolute Gasteiger partial charge is 0.266 e. The molecule has 0 N–H and O–H groups in total. The lowest BCUT2D eigenvalue weighted by Crippen LogP contribution is -2.29. The van der Waals surface area contributed by atoms with Crippen LogP contribution in [0.2, 0.25) is 0 Å². The summed E-state index contributed by atoms with van der Waals surface area (Å²) in [5.41, 5.74) is 16.3. The van der Waals surface area contributed by atoms with Gasteiger partial charge >= 0.3 is 0 Å². The average Bonchev–Trinajstić information content (AvgIpc) is 1.11. The Balaban J connectivity index is 0.579. The number of amides is 4. The monoisotopic (exact) mass is 1360 g/mol. The number of unbranched alkanes of at least 4 members (excludes halogenated alkanes) is 6. The van der Waals surface area contributed by atoms with Gasteiger partial charge in [-0.15, -0.1) is 22.7 Å². The third-order valence-corrected chi connectivity index (χ3v) is 24.2. The predicted molar refractivity (Wildman–Crippen MR) is 426 cm³/mol. The van der Waals surface area contributed by atoms with Crippen molar-refractivity contribution in [3.63, 3.8) is 0 Å². The van der Waals surface area contributed by atoms with E-state index in [2.05, 4.69) is 184 Å². The second-order valence-corrected chi connectivity index (χ2v) is 30.1. The molecule has 8 heteroatoms. The van der Waals surface area contributed by atoms with Crippen molar-refractivity contribution in [3.05, 3.63) is 310 Å².